The first kappa shape index (κ1) is 9.11. The van der Waals surface area contributed by atoms with Gasteiger partial charge in [0.2, 0.25) is 0 Å². The summed E-state index contributed by atoms with van der Waals surface area (Å²) in [4.78, 5) is 9.64. The summed E-state index contributed by atoms with van der Waals surface area (Å²) in [6.07, 6.45) is 2.46. The van der Waals surface area contributed by atoms with Crippen LogP contribution in [-0.4, -0.2) is 9.97 Å². The van der Waals surface area contributed by atoms with Gasteiger partial charge in [-0.2, -0.15) is 0 Å². The maximum Gasteiger partial charge on any atom is 0.143 e. The van der Waals surface area contributed by atoms with Gasteiger partial charge in [0.15, 0.2) is 0 Å². The molecule has 0 radical (unpaired) electrons. The SMILES string of the molecule is NNc1ccnc(Cc2cccs2)n1. The quantitative estimate of drug-likeness (QED) is 0.589. The molecule has 0 aliphatic heterocycles. The van der Waals surface area contributed by atoms with Crippen LogP contribution in [0.5, 0.6) is 0 Å². The Kier molecular flexibility index (Phi) is 2.71. The molecule has 2 aromatic heterocycles. The highest BCUT2D eigenvalue weighted by Gasteiger charge is 2.00. The Morgan fingerprint density at radius 2 is 2.36 bits per heavy atom. The second-order valence-corrected chi connectivity index (χ2v) is 3.79. The number of nitrogen functional groups attached to an aromatic ring is 1. The third-order valence-electron chi connectivity index (χ3n) is 1.77. The molecule has 0 saturated heterocycles. The van der Waals surface area contributed by atoms with Gasteiger partial charge in [0.25, 0.3) is 0 Å². The first-order valence-electron chi connectivity index (χ1n) is 4.19. The van der Waals surface area contributed by atoms with E-state index in [4.69, 9.17) is 5.84 Å². The zero-order valence-corrected chi connectivity index (χ0v) is 8.29. The molecule has 14 heavy (non-hydrogen) atoms. The van der Waals surface area contributed by atoms with Crippen molar-refractivity contribution in [3.8, 4) is 0 Å². The van der Waals surface area contributed by atoms with Gasteiger partial charge in [0, 0.05) is 23.6 Å². The van der Waals surface area contributed by atoms with Crippen molar-refractivity contribution in [1.29, 1.82) is 0 Å². The summed E-state index contributed by atoms with van der Waals surface area (Å²) < 4.78 is 0. The average molecular weight is 206 g/mol. The minimum Gasteiger partial charge on any atom is -0.308 e. The van der Waals surface area contributed by atoms with Gasteiger partial charge in [-0.3, -0.25) is 0 Å². The van der Waals surface area contributed by atoms with Crippen LogP contribution in [0.1, 0.15) is 10.7 Å². The molecule has 0 aliphatic rings. The van der Waals surface area contributed by atoms with Gasteiger partial charge in [-0.05, 0) is 11.4 Å². The van der Waals surface area contributed by atoms with Gasteiger partial charge in [-0.25, -0.2) is 15.8 Å². The smallest absolute Gasteiger partial charge is 0.143 e. The molecule has 72 valence electrons. The molecule has 0 fully saturated rings. The molecule has 0 bridgehead atoms. The number of aromatic nitrogens is 2. The van der Waals surface area contributed by atoms with E-state index in [1.54, 1.807) is 23.6 Å². The first-order chi connectivity index (χ1) is 6.88. The van der Waals surface area contributed by atoms with Crippen LogP contribution in [0.4, 0.5) is 5.82 Å². The van der Waals surface area contributed by atoms with Gasteiger partial charge >= 0.3 is 0 Å². The number of hydrazine groups is 1. The second-order valence-electron chi connectivity index (χ2n) is 2.76. The molecule has 0 spiro atoms. The van der Waals surface area contributed by atoms with Crippen molar-refractivity contribution >= 4 is 17.2 Å². The highest BCUT2D eigenvalue weighted by atomic mass is 32.1. The fourth-order valence-electron chi connectivity index (χ4n) is 1.13. The fourth-order valence-corrected chi connectivity index (χ4v) is 1.84. The average Bonchev–Trinajstić information content (AvgIpc) is 2.71. The lowest BCUT2D eigenvalue weighted by Gasteiger charge is -2.00. The predicted octanol–water partition coefficient (Wildman–Crippen LogP) is 1.41. The molecular weight excluding hydrogens is 196 g/mol. The number of hydrogen-bond donors (Lipinski definition) is 2. The Bertz CT molecular complexity index is 399. The van der Waals surface area contributed by atoms with Gasteiger partial charge in [-0.1, -0.05) is 6.07 Å². The van der Waals surface area contributed by atoms with Gasteiger partial charge in [-0.15, -0.1) is 11.3 Å². The maximum atomic E-state index is 5.25. The van der Waals surface area contributed by atoms with E-state index >= 15 is 0 Å². The standard InChI is InChI=1S/C9H10N4S/c10-13-8-3-4-11-9(12-8)6-7-2-1-5-14-7/h1-5H,6,10H2,(H,11,12,13). The van der Waals surface area contributed by atoms with Crippen LogP contribution in [0, 0.1) is 0 Å². The molecule has 0 unspecified atom stereocenters. The molecule has 0 amide bonds. The second kappa shape index (κ2) is 4.17. The lowest BCUT2D eigenvalue weighted by atomic mass is 10.3. The van der Waals surface area contributed by atoms with Crippen molar-refractivity contribution < 1.29 is 0 Å². The molecular formula is C9H10N4S. The number of nitrogens with two attached hydrogens (primary N) is 1. The largest absolute Gasteiger partial charge is 0.308 e. The summed E-state index contributed by atoms with van der Waals surface area (Å²) in [6.45, 7) is 0. The van der Waals surface area contributed by atoms with Crippen molar-refractivity contribution in [2.75, 3.05) is 5.43 Å². The van der Waals surface area contributed by atoms with E-state index in [0.717, 1.165) is 12.2 Å². The number of nitrogens with one attached hydrogen (secondary N) is 1. The van der Waals surface area contributed by atoms with Gasteiger partial charge in [0.05, 0.1) is 0 Å². The third kappa shape index (κ3) is 2.07. The van der Waals surface area contributed by atoms with E-state index in [9.17, 15) is 0 Å². The number of hydrogen-bond acceptors (Lipinski definition) is 5. The molecule has 0 aliphatic carbocycles. The molecule has 2 aromatic rings. The van der Waals surface area contributed by atoms with Crippen molar-refractivity contribution in [2.24, 2.45) is 5.84 Å². The highest BCUT2D eigenvalue weighted by Crippen LogP contribution is 2.12. The maximum absolute atomic E-state index is 5.25. The molecule has 2 rings (SSSR count). The van der Waals surface area contributed by atoms with E-state index in [0.29, 0.717) is 5.82 Å². The van der Waals surface area contributed by atoms with Gasteiger partial charge < -0.3 is 5.43 Å². The number of nitrogens with zero attached hydrogens (tertiary/aromatic N) is 2. The predicted molar refractivity (Wildman–Crippen MR) is 57.0 cm³/mol. The van der Waals surface area contributed by atoms with Crippen LogP contribution in [0.3, 0.4) is 0 Å². The Hall–Kier alpha value is -1.46. The van der Waals surface area contributed by atoms with E-state index in [-0.39, 0.29) is 0 Å². The minimum absolute atomic E-state index is 0.645. The molecule has 3 N–H and O–H groups in total. The van der Waals surface area contributed by atoms with Crippen LogP contribution in [-0.2, 0) is 6.42 Å². The van der Waals surface area contributed by atoms with Crippen molar-refractivity contribution in [3.63, 3.8) is 0 Å². The minimum atomic E-state index is 0.645. The molecule has 0 saturated carbocycles. The highest BCUT2D eigenvalue weighted by molar-refractivity contribution is 7.09. The normalized spacial score (nSPS) is 10.1. The van der Waals surface area contributed by atoms with E-state index in [1.165, 1.54) is 4.88 Å². The number of rotatable bonds is 3. The van der Waals surface area contributed by atoms with Crippen LogP contribution in [0.2, 0.25) is 0 Å². The number of thiophene rings is 1. The third-order valence-corrected chi connectivity index (χ3v) is 2.64. The Morgan fingerprint density at radius 3 is 3.07 bits per heavy atom. The van der Waals surface area contributed by atoms with Crippen LogP contribution in [0.15, 0.2) is 29.8 Å². The summed E-state index contributed by atoms with van der Waals surface area (Å²) >= 11 is 1.70. The summed E-state index contributed by atoms with van der Waals surface area (Å²) in [5, 5.41) is 2.04. The van der Waals surface area contributed by atoms with Crippen molar-refractivity contribution in [3.05, 3.63) is 40.5 Å². The summed E-state index contributed by atoms with van der Waals surface area (Å²) in [7, 11) is 0. The zero-order valence-electron chi connectivity index (χ0n) is 7.47. The Balaban J connectivity index is 2.17. The van der Waals surface area contributed by atoms with E-state index < -0.39 is 0 Å². The molecule has 2 heterocycles. The van der Waals surface area contributed by atoms with Crippen molar-refractivity contribution in [2.45, 2.75) is 6.42 Å². The Labute approximate surface area is 85.8 Å². The van der Waals surface area contributed by atoms with Crippen LogP contribution < -0.4 is 11.3 Å². The summed E-state index contributed by atoms with van der Waals surface area (Å²) in [5.41, 5.74) is 2.50. The van der Waals surface area contributed by atoms with Crippen LogP contribution in [0.25, 0.3) is 0 Å². The molecule has 0 atom stereocenters. The zero-order chi connectivity index (χ0) is 9.80. The van der Waals surface area contributed by atoms with E-state index in [2.05, 4.69) is 21.5 Å². The molecule has 4 nitrogen and oxygen atoms in total. The number of anilines is 1. The fraction of sp³-hybridized carbons (Fsp3) is 0.111. The molecule has 0 aromatic carbocycles. The van der Waals surface area contributed by atoms with Gasteiger partial charge in [0.1, 0.15) is 11.6 Å². The Morgan fingerprint density at radius 1 is 1.43 bits per heavy atom. The van der Waals surface area contributed by atoms with Crippen LogP contribution >= 0.6 is 11.3 Å². The lowest BCUT2D eigenvalue weighted by Crippen LogP contribution is -2.10. The van der Waals surface area contributed by atoms with E-state index in [1.807, 2.05) is 11.4 Å². The lowest BCUT2D eigenvalue weighted by molar-refractivity contribution is 0.977. The summed E-state index contributed by atoms with van der Waals surface area (Å²) in [6, 6.07) is 5.82. The molecule has 5 heteroatoms. The first-order valence-corrected chi connectivity index (χ1v) is 5.07. The summed E-state index contributed by atoms with van der Waals surface area (Å²) in [5.74, 6) is 6.68. The van der Waals surface area contributed by atoms with Crippen molar-refractivity contribution in [1.82, 2.24) is 9.97 Å². The topological polar surface area (TPSA) is 63.8 Å². The monoisotopic (exact) mass is 206 g/mol.